The number of carbonyl (C=O) groups is 3. The lowest BCUT2D eigenvalue weighted by Gasteiger charge is -2.14. The van der Waals surface area contributed by atoms with Crippen molar-refractivity contribution in [2.24, 2.45) is 11.8 Å². The molecule has 2 aromatic carbocycles. The number of imide groups is 1. The van der Waals surface area contributed by atoms with Gasteiger partial charge in [0.15, 0.2) is 0 Å². The summed E-state index contributed by atoms with van der Waals surface area (Å²) in [5.41, 5.74) is 3.34. The molecule has 2 aliphatic rings. The number of allylic oxidation sites excluding steroid dienone is 2. The van der Waals surface area contributed by atoms with Crippen LogP contribution in [0.4, 0.5) is 5.69 Å². The number of amides is 3. The van der Waals surface area contributed by atoms with E-state index in [1.165, 1.54) is 0 Å². The number of nitrogens with one attached hydrogen (secondary N) is 2. The zero-order chi connectivity index (χ0) is 20.7. The van der Waals surface area contributed by atoms with Crippen LogP contribution in [0.2, 0.25) is 0 Å². The molecule has 2 atom stereocenters. The van der Waals surface area contributed by atoms with Gasteiger partial charge in [-0.05, 0) is 49.2 Å². The van der Waals surface area contributed by atoms with Crippen molar-refractivity contribution in [3.63, 3.8) is 0 Å². The smallest absolute Gasteiger partial charge is 0.244 e. The van der Waals surface area contributed by atoms with Gasteiger partial charge in [0.2, 0.25) is 17.7 Å². The first-order chi connectivity index (χ1) is 14.6. The maximum absolute atomic E-state index is 12.5. The van der Waals surface area contributed by atoms with E-state index < -0.39 is 0 Å². The fourth-order valence-electron chi connectivity index (χ4n) is 4.17. The second kappa shape index (κ2) is 7.26. The summed E-state index contributed by atoms with van der Waals surface area (Å²) in [7, 11) is 0. The summed E-state index contributed by atoms with van der Waals surface area (Å²) in [5, 5.41) is 2.77. The van der Waals surface area contributed by atoms with Gasteiger partial charge in [0, 0.05) is 11.3 Å². The highest BCUT2D eigenvalue weighted by Crippen LogP contribution is 2.34. The molecule has 0 bridgehead atoms. The predicted octanol–water partition coefficient (Wildman–Crippen LogP) is 3.12. The third-order valence-electron chi connectivity index (χ3n) is 5.73. The number of hydrogen-bond acceptors (Lipinski definition) is 4. The Morgan fingerprint density at radius 3 is 2.33 bits per heavy atom. The first-order valence-corrected chi connectivity index (χ1v) is 9.95. The molecule has 1 aromatic heterocycles. The van der Waals surface area contributed by atoms with Crippen molar-refractivity contribution in [2.45, 2.75) is 12.8 Å². The maximum atomic E-state index is 12.5. The molecule has 150 valence electrons. The Hall–Kier alpha value is -3.74. The molecular formula is C23H20N4O3. The van der Waals surface area contributed by atoms with Crippen LogP contribution < -0.4 is 5.32 Å². The Labute approximate surface area is 172 Å². The molecule has 1 saturated heterocycles. The van der Waals surface area contributed by atoms with Gasteiger partial charge < -0.3 is 10.3 Å². The topological polar surface area (TPSA) is 95.2 Å². The fraction of sp³-hybridized carbons (Fsp3) is 0.217. The second-order valence-electron chi connectivity index (χ2n) is 7.65. The molecule has 3 aromatic rings. The number of fused-ring (bicyclic) bond motifs is 2. The molecule has 1 fully saturated rings. The molecule has 1 aliphatic heterocycles. The van der Waals surface area contributed by atoms with Gasteiger partial charge in [-0.15, -0.1) is 0 Å². The van der Waals surface area contributed by atoms with E-state index in [-0.39, 0.29) is 36.1 Å². The third kappa shape index (κ3) is 3.18. The molecule has 7 nitrogen and oxygen atoms in total. The van der Waals surface area contributed by atoms with Gasteiger partial charge in [-0.25, -0.2) is 4.98 Å². The molecule has 1 aliphatic carbocycles. The largest absolute Gasteiger partial charge is 0.338 e. The minimum Gasteiger partial charge on any atom is -0.338 e. The van der Waals surface area contributed by atoms with E-state index in [0.29, 0.717) is 18.5 Å². The van der Waals surface area contributed by atoms with Crippen LogP contribution in [0.5, 0.6) is 0 Å². The molecule has 3 amide bonds. The maximum Gasteiger partial charge on any atom is 0.244 e. The Morgan fingerprint density at radius 1 is 1.00 bits per heavy atom. The zero-order valence-electron chi connectivity index (χ0n) is 16.2. The van der Waals surface area contributed by atoms with E-state index in [2.05, 4.69) is 15.3 Å². The molecule has 2 unspecified atom stereocenters. The van der Waals surface area contributed by atoms with E-state index in [4.69, 9.17) is 0 Å². The summed E-state index contributed by atoms with van der Waals surface area (Å²) < 4.78 is 0. The molecular weight excluding hydrogens is 380 g/mol. The highest BCUT2D eigenvalue weighted by Gasteiger charge is 2.47. The van der Waals surface area contributed by atoms with Crippen molar-refractivity contribution in [3.05, 3.63) is 60.7 Å². The average molecular weight is 400 g/mol. The van der Waals surface area contributed by atoms with Crippen molar-refractivity contribution in [1.82, 2.24) is 14.9 Å². The molecule has 2 N–H and O–H groups in total. The van der Waals surface area contributed by atoms with Crippen molar-refractivity contribution in [1.29, 1.82) is 0 Å². The van der Waals surface area contributed by atoms with Crippen molar-refractivity contribution in [2.75, 3.05) is 11.9 Å². The SMILES string of the molecule is O=C(CN1C(=O)C2CC=CCC2C1=O)Nc1ccc(-c2nc3ccccc3[nH]2)cc1. The van der Waals surface area contributed by atoms with E-state index in [0.717, 1.165) is 27.3 Å². The number of hydrogen-bond donors (Lipinski definition) is 2. The Morgan fingerprint density at radius 2 is 1.67 bits per heavy atom. The van der Waals surface area contributed by atoms with Gasteiger partial charge in [-0.3, -0.25) is 19.3 Å². The van der Waals surface area contributed by atoms with E-state index in [1.807, 2.05) is 48.6 Å². The minimum atomic E-state index is -0.389. The predicted molar refractivity (Wildman–Crippen MR) is 112 cm³/mol. The first kappa shape index (κ1) is 18.3. The highest BCUT2D eigenvalue weighted by molar-refractivity contribution is 6.08. The Bertz CT molecular complexity index is 1120. The number of aromatic amines is 1. The highest BCUT2D eigenvalue weighted by atomic mass is 16.2. The molecule has 7 heteroatoms. The standard InChI is InChI=1S/C23H20N4O3/c28-20(13-27-22(29)16-5-1-2-6-17(16)23(27)30)24-15-11-9-14(10-12-15)21-25-18-7-3-4-8-19(18)26-21/h1-4,7-12,16-17H,5-6,13H2,(H,24,28)(H,25,26). The van der Waals surface area contributed by atoms with E-state index in [1.54, 1.807) is 12.1 Å². The van der Waals surface area contributed by atoms with Crippen LogP contribution in [0.15, 0.2) is 60.7 Å². The molecule has 2 heterocycles. The van der Waals surface area contributed by atoms with Gasteiger partial charge >= 0.3 is 0 Å². The summed E-state index contributed by atoms with van der Waals surface area (Å²) in [6.45, 7) is -0.254. The molecule has 0 spiro atoms. The monoisotopic (exact) mass is 400 g/mol. The van der Waals surface area contributed by atoms with Crippen LogP contribution in [0.25, 0.3) is 22.4 Å². The summed E-state index contributed by atoms with van der Waals surface area (Å²) in [6, 6.07) is 15.1. The first-order valence-electron chi connectivity index (χ1n) is 9.95. The molecule has 5 rings (SSSR count). The number of aromatic nitrogens is 2. The van der Waals surface area contributed by atoms with Gasteiger partial charge in [-0.2, -0.15) is 0 Å². The molecule has 30 heavy (non-hydrogen) atoms. The summed E-state index contributed by atoms with van der Waals surface area (Å²) in [6.07, 6.45) is 4.99. The number of benzene rings is 2. The molecule has 0 saturated carbocycles. The van der Waals surface area contributed by atoms with Crippen LogP contribution in [0.1, 0.15) is 12.8 Å². The third-order valence-corrected chi connectivity index (χ3v) is 5.73. The van der Waals surface area contributed by atoms with Gasteiger partial charge in [0.05, 0.1) is 22.9 Å². The summed E-state index contributed by atoms with van der Waals surface area (Å²) in [5.74, 6) is -0.774. The fourth-order valence-corrected chi connectivity index (χ4v) is 4.17. The van der Waals surface area contributed by atoms with Crippen LogP contribution >= 0.6 is 0 Å². The van der Waals surface area contributed by atoms with Crippen molar-refractivity contribution >= 4 is 34.4 Å². The summed E-state index contributed by atoms with van der Waals surface area (Å²) in [4.78, 5) is 46.4. The van der Waals surface area contributed by atoms with Crippen LogP contribution in [0, 0.1) is 11.8 Å². The quantitative estimate of drug-likeness (QED) is 0.520. The van der Waals surface area contributed by atoms with Crippen molar-refractivity contribution in [3.8, 4) is 11.4 Å². The number of nitrogens with zero attached hydrogens (tertiary/aromatic N) is 2. The number of para-hydroxylation sites is 2. The second-order valence-corrected chi connectivity index (χ2v) is 7.65. The number of likely N-dealkylation sites (tertiary alicyclic amines) is 1. The minimum absolute atomic E-state index is 0.246. The van der Waals surface area contributed by atoms with Crippen LogP contribution in [0.3, 0.4) is 0 Å². The van der Waals surface area contributed by atoms with Gasteiger partial charge in [0.1, 0.15) is 12.4 Å². The van der Waals surface area contributed by atoms with Crippen LogP contribution in [-0.2, 0) is 14.4 Å². The van der Waals surface area contributed by atoms with Gasteiger partial charge in [0.25, 0.3) is 0 Å². The van der Waals surface area contributed by atoms with Crippen molar-refractivity contribution < 1.29 is 14.4 Å². The Balaban J connectivity index is 1.25. The lowest BCUT2D eigenvalue weighted by molar-refractivity contribution is -0.142. The van der Waals surface area contributed by atoms with E-state index >= 15 is 0 Å². The number of imidazole rings is 1. The summed E-state index contributed by atoms with van der Waals surface area (Å²) >= 11 is 0. The zero-order valence-corrected chi connectivity index (χ0v) is 16.2. The molecule has 0 radical (unpaired) electrons. The lowest BCUT2D eigenvalue weighted by atomic mass is 9.85. The Kier molecular flexibility index (Phi) is 4.43. The van der Waals surface area contributed by atoms with Crippen LogP contribution in [-0.4, -0.2) is 39.1 Å². The lowest BCUT2D eigenvalue weighted by Crippen LogP contribution is -2.38. The van der Waals surface area contributed by atoms with E-state index in [9.17, 15) is 14.4 Å². The van der Waals surface area contributed by atoms with Gasteiger partial charge in [-0.1, -0.05) is 24.3 Å². The number of anilines is 1. The average Bonchev–Trinajstić information content (AvgIpc) is 3.30. The normalized spacial score (nSPS) is 20.6. The number of carbonyl (C=O) groups excluding carboxylic acids is 3. The number of H-pyrrole nitrogens is 1. The number of rotatable bonds is 4.